The molecule has 0 aliphatic heterocycles. The van der Waals surface area contributed by atoms with E-state index in [1.807, 2.05) is 30.3 Å². The predicted octanol–water partition coefficient (Wildman–Crippen LogP) is 2.00. The number of nitrogens with zero attached hydrogens (tertiary/aromatic N) is 1. The lowest BCUT2D eigenvalue weighted by atomic mass is 10.0. The normalized spacial score (nSPS) is 14.5. The van der Waals surface area contributed by atoms with Crippen LogP contribution < -0.4 is 0 Å². The molecule has 2 unspecified atom stereocenters. The van der Waals surface area contributed by atoms with E-state index in [9.17, 15) is 5.11 Å². The number of aromatic nitrogens is 1. The minimum absolute atomic E-state index is 0.0947. The standard InChI is InChI=1S/C13H15NO3/c1-9(8-15)13(16)12-7-11(14-17-12)10-5-3-2-4-6-10/h2-7,9,13,15-16H,8H2,1H3. The van der Waals surface area contributed by atoms with Crippen LogP contribution in [0.3, 0.4) is 0 Å². The van der Waals surface area contributed by atoms with Crippen molar-refractivity contribution in [3.05, 3.63) is 42.2 Å². The highest BCUT2D eigenvalue weighted by Crippen LogP contribution is 2.26. The fraction of sp³-hybridized carbons (Fsp3) is 0.308. The van der Waals surface area contributed by atoms with Gasteiger partial charge in [0.2, 0.25) is 0 Å². The van der Waals surface area contributed by atoms with Crippen molar-refractivity contribution in [2.45, 2.75) is 13.0 Å². The minimum Gasteiger partial charge on any atom is -0.396 e. The minimum atomic E-state index is -0.829. The van der Waals surface area contributed by atoms with Crippen LogP contribution in [0.4, 0.5) is 0 Å². The fourth-order valence-corrected chi connectivity index (χ4v) is 1.55. The smallest absolute Gasteiger partial charge is 0.166 e. The molecule has 0 saturated carbocycles. The van der Waals surface area contributed by atoms with E-state index in [-0.39, 0.29) is 12.5 Å². The summed E-state index contributed by atoms with van der Waals surface area (Å²) in [5.41, 5.74) is 1.62. The van der Waals surface area contributed by atoms with Crippen LogP contribution in [-0.2, 0) is 0 Å². The zero-order valence-electron chi connectivity index (χ0n) is 9.58. The van der Waals surface area contributed by atoms with E-state index in [0.717, 1.165) is 5.56 Å². The van der Waals surface area contributed by atoms with Gasteiger partial charge in [-0.2, -0.15) is 0 Å². The zero-order chi connectivity index (χ0) is 12.3. The second kappa shape index (κ2) is 5.12. The van der Waals surface area contributed by atoms with Gasteiger partial charge in [0.05, 0.1) is 0 Å². The molecule has 2 rings (SSSR count). The molecule has 0 fully saturated rings. The summed E-state index contributed by atoms with van der Waals surface area (Å²) < 4.78 is 5.09. The molecule has 0 bridgehead atoms. The van der Waals surface area contributed by atoms with E-state index in [0.29, 0.717) is 11.5 Å². The Hall–Kier alpha value is -1.65. The van der Waals surface area contributed by atoms with Crippen molar-refractivity contribution in [3.63, 3.8) is 0 Å². The molecule has 4 heteroatoms. The number of aliphatic hydroxyl groups is 2. The van der Waals surface area contributed by atoms with Gasteiger partial charge in [-0.1, -0.05) is 42.4 Å². The quantitative estimate of drug-likeness (QED) is 0.847. The van der Waals surface area contributed by atoms with Gasteiger partial charge in [-0.15, -0.1) is 0 Å². The van der Waals surface area contributed by atoms with Gasteiger partial charge in [0.1, 0.15) is 11.8 Å². The van der Waals surface area contributed by atoms with Crippen LogP contribution in [0.15, 0.2) is 40.9 Å². The summed E-state index contributed by atoms with van der Waals surface area (Å²) in [4.78, 5) is 0. The molecule has 4 nitrogen and oxygen atoms in total. The van der Waals surface area contributed by atoms with Crippen LogP contribution in [0.2, 0.25) is 0 Å². The number of rotatable bonds is 4. The first-order chi connectivity index (χ1) is 8.22. The van der Waals surface area contributed by atoms with E-state index in [4.69, 9.17) is 9.63 Å². The van der Waals surface area contributed by atoms with Crippen LogP contribution in [0, 0.1) is 5.92 Å². The number of hydrogen-bond donors (Lipinski definition) is 2. The third-order valence-electron chi connectivity index (χ3n) is 2.72. The summed E-state index contributed by atoms with van der Waals surface area (Å²) >= 11 is 0. The van der Waals surface area contributed by atoms with Gasteiger partial charge in [-0.05, 0) is 0 Å². The molecule has 0 saturated heterocycles. The molecule has 0 aliphatic carbocycles. The van der Waals surface area contributed by atoms with Crippen molar-refractivity contribution in [2.24, 2.45) is 5.92 Å². The Bertz CT molecular complexity index is 467. The highest BCUT2D eigenvalue weighted by Gasteiger charge is 2.20. The monoisotopic (exact) mass is 233 g/mol. The highest BCUT2D eigenvalue weighted by molar-refractivity contribution is 5.58. The van der Waals surface area contributed by atoms with Gasteiger partial charge in [0, 0.05) is 24.2 Å². The fourth-order valence-electron chi connectivity index (χ4n) is 1.55. The average molecular weight is 233 g/mol. The molecule has 90 valence electrons. The molecule has 2 atom stereocenters. The molecule has 0 amide bonds. The summed E-state index contributed by atoms with van der Waals surface area (Å²) in [6, 6.07) is 11.3. The zero-order valence-corrected chi connectivity index (χ0v) is 9.58. The van der Waals surface area contributed by atoms with E-state index < -0.39 is 6.10 Å². The van der Waals surface area contributed by atoms with Crippen LogP contribution in [0.5, 0.6) is 0 Å². The molecule has 0 radical (unpaired) electrons. The number of benzene rings is 1. The van der Waals surface area contributed by atoms with E-state index in [2.05, 4.69) is 5.16 Å². The lowest BCUT2D eigenvalue weighted by molar-refractivity contribution is 0.0550. The topological polar surface area (TPSA) is 66.5 Å². The second-order valence-corrected chi connectivity index (χ2v) is 4.09. The lowest BCUT2D eigenvalue weighted by Gasteiger charge is -2.12. The summed E-state index contributed by atoms with van der Waals surface area (Å²) in [5, 5.41) is 22.7. The molecular weight excluding hydrogens is 218 g/mol. The van der Waals surface area contributed by atoms with Gasteiger partial charge in [-0.3, -0.25) is 0 Å². The largest absolute Gasteiger partial charge is 0.396 e. The average Bonchev–Trinajstić information content (AvgIpc) is 2.87. The number of aliphatic hydroxyl groups excluding tert-OH is 2. The molecular formula is C13H15NO3. The van der Waals surface area contributed by atoms with E-state index >= 15 is 0 Å². The maximum Gasteiger partial charge on any atom is 0.166 e. The van der Waals surface area contributed by atoms with Gasteiger partial charge in [-0.25, -0.2) is 0 Å². The van der Waals surface area contributed by atoms with Gasteiger partial charge in [0.15, 0.2) is 5.76 Å². The van der Waals surface area contributed by atoms with Gasteiger partial charge < -0.3 is 14.7 Å². The van der Waals surface area contributed by atoms with Crippen molar-refractivity contribution >= 4 is 0 Å². The van der Waals surface area contributed by atoms with Crippen molar-refractivity contribution in [1.29, 1.82) is 0 Å². The first-order valence-electron chi connectivity index (χ1n) is 5.53. The Labute approximate surface area is 99.5 Å². The first kappa shape index (κ1) is 11.8. The Kier molecular flexibility index (Phi) is 3.56. The van der Waals surface area contributed by atoms with E-state index in [1.54, 1.807) is 13.0 Å². The lowest BCUT2D eigenvalue weighted by Crippen LogP contribution is -2.12. The Morgan fingerprint density at radius 2 is 2.00 bits per heavy atom. The summed E-state index contributed by atoms with van der Waals surface area (Å²) in [7, 11) is 0. The predicted molar refractivity (Wildman–Crippen MR) is 63.1 cm³/mol. The maximum atomic E-state index is 9.86. The van der Waals surface area contributed by atoms with Crippen molar-refractivity contribution in [3.8, 4) is 11.3 Å². The molecule has 1 heterocycles. The Balaban J connectivity index is 2.22. The van der Waals surface area contributed by atoms with Crippen molar-refractivity contribution in [2.75, 3.05) is 6.61 Å². The summed E-state index contributed by atoms with van der Waals surface area (Å²) in [6.45, 7) is 1.65. The molecule has 0 aliphatic rings. The van der Waals surface area contributed by atoms with Gasteiger partial charge in [0.25, 0.3) is 0 Å². The maximum absolute atomic E-state index is 9.86. The molecule has 2 N–H and O–H groups in total. The van der Waals surface area contributed by atoms with Crippen molar-refractivity contribution < 1.29 is 14.7 Å². The molecule has 0 spiro atoms. The molecule has 17 heavy (non-hydrogen) atoms. The van der Waals surface area contributed by atoms with Crippen molar-refractivity contribution in [1.82, 2.24) is 5.16 Å². The molecule has 1 aromatic carbocycles. The van der Waals surface area contributed by atoms with Crippen LogP contribution in [0.1, 0.15) is 18.8 Å². The second-order valence-electron chi connectivity index (χ2n) is 4.09. The Morgan fingerprint density at radius 3 is 2.65 bits per heavy atom. The third-order valence-corrected chi connectivity index (χ3v) is 2.72. The van der Waals surface area contributed by atoms with E-state index in [1.165, 1.54) is 0 Å². The summed E-state index contributed by atoms with van der Waals surface area (Å²) in [6.07, 6.45) is -0.829. The highest BCUT2D eigenvalue weighted by atomic mass is 16.5. The number of hydrogen-bond acceptors (Lipinski definition) is 4. The summed E-state index contributed by atoms with van der Waals surface area (Å²) in [5.74, 6) is 0.108. The van der Waals surface area contributed by atoms with Gasteiger partial charge >= 0.3 is 0 Å². The van der Waals surface area contributed by atoms with Crippen LogP contribution >= 0.6 is 0 Å². The molecule has 1 aromatic heterocycles. The Morgan fingerprint density at radius 1 is 1.29 bits per heavy atom. The first-order valence-corrected chi connectivity index (χ1v) is 5.53. The SMILES string of the molecule is CC(CO)C(O)c1cc(-c2ccccc2)no1. The third kappa shape index (κ3) is 2.54. The van der Waals surface area contributed by atoms with Crippen LogP contribution in [0.25, 0.3) is 11.3 Å². The van der Waals surface area contributed by atoms with Crippen LogP contribution in [-0.4, -0.2) is 22.0 Å². The molecule has 2 aromatic rings.